The van der Waals surface area contributed by atoms with E-state index in [4.69, 9.17) is 4.74 Å². The molecule has 0 spiro atoms. The summed E-state index contributed by atoms with van der Waals surface area (Å²) in [5, 5.41) is 13.2. The van der Waals surface area contributed by atoms with Crippen LogP contribution < -0.4 is 10.2 Å². The number of benzene rings is 2. The van der Waals surface area contributed by atoms with Crippen LogP contribution >= 0.6 is 0 Å². The molecule has 0 aliphatic carbocycles. The number of methoxy groups -OCH3 is 1. The zero-order chi connectivity index (χ0) is 22.4. The van der Waals surface area contributed by atoms with Crippen molar-refractivity contribution >= 4 is 35.1 Å². The van der Waals surface area contributed by atoms with Crippen LogP contribution in [0.2, 0.25) is 0 Å². The molecule has 0 unspecified atom stereocenters. The van der Waals surface area contributed by atoms with E-state index < -0.39 is 22.7 Å². The molecule has 1 fully saturated rings. The topological polar surface area (TPSA) is 105 Å². The monoisotopic (exact) mass is 428 g/mol. The van der Waals surface area contributed by atoms with Gasteiger partial charge in [0.25, 0.3) is 5.69 Å². The number of hydrogen-bond donors (Lipinski definition) is 1. The molecule has 0 aromatic heterocycles. The van der Waals surface area contributed by atoms with Crippen LogP contribution in [0.5, 0.6) is 0 Å². The van der Waals surface area contributed by atoms with Crippen LogP contribution in [0.4, 0.5) is 26.2 Å². The Morgan fingerprint density at radius 3 is 2.39 bits per heavy atom. The van der Waals surface area contributed by atoms with E-state index in [-0.39, 0.29) is 5.69 Å². The number of nitro groups is 1. The number of hydrogen-bond acceptors (Lipinski definition) is 6. The maximum Gasteiger partial charge on any atom is 0.409 e. The summed E-state index contributed by atoms with van der Waals surface area (Å²) in [5.74, 6) is -0.944. The number of ether oxygens (including phenoxy) is 1. The number of rotatable bonds is 5. The molecule has 1 aliphatic rings. The number of halogens is 1. The lowest BCUT2D eigenvalue weighted by molar-refractivity contribution is -0.384. The molecule has 9 nitrogen and oxygen atoms in total. The van der Waals surface area contributed by atoms with Crippen LogP contribution in [0, 0.1) is 15.9 Å². The number of amides is 2. The molecule has 2 aromatic rings. The quantitative estimate of drug-likeness (QED) is 0.445. The van der Waals surface area contributed by atoms with Crippen molar-refractivity contribution in [3.05, 3.63) is 70.0 Å². The fraction of sp³-hybridized carbons (Fsp3) is 0.238. The minimum absolute atomic E-state index is 0.0381. The van der Waals surface area contributed by atoms with Gasteiger partial charge in [-0.2, -0.15) is 0 Å². The number of nitro benzene ring substituents is 1. The first-order valence-electron chi connectivity index (χ1n) is 9.48. The van der Waals surface area contributed by atoms with E-state index in [0.717, 1.165) is 0 Å². The average Bonchev–Trinajstić information content (AvgIpc) is 2.77. The Hall–Kier alpha value is -3.95. The molecule has 1 saturated heterocycles. The van der Waals surface area contributed by atoms with Crippen LogP contribution in [0.15, 0.2) is 48.5 Å². The van der Waals surface area contributed by atoms with Crippen molar-refractivity contribution in [1.29, 1.82) is 0 Å². The molecule has 0 bridgehead atoms. The molecule has 0 radical (unpaired) electrons. The van der Waals surface area contributed by atoms with Crippen molar-refractivity contribution in [3.63, 3.8) is 0 Å². The van der Waals surface area contributed by atoms with Crippen LogP contribution in [0.3, 0.4) is 0 Å². The summed E-state index contributed by atoms with van der Waals surface area (Å²) in [4.78, 5) is 37.2. The second-order valence-corrected chi connectivity index (χ2v) is 6.78. The van der Waals surface area contributed by atoms with Crippen molar-refractivity contribution in [3.8, 4) is 0 Å². The van der Waals surface area contributed by atoms with E-state index in [2.05, 4.69) is 5.32 Å². The molecule has 3 rings (SSSR count). The Morgan fingerprint density at radius 1 is 1.13 bits per heavy atom. The van der Waals surface area contributed by atoms with E-state index >= 15 is 0 Å². The molecule has 2 aromatic carbocycles. The molecule has 1 aliphatic heterocycles. The first kappa shape index (κ1) is 21.8. The van der Waals surface area contributed by atoms with Crippen LogP contribution in [0.25, 0.3) is 6.08 Å². The van der Waals surface area contributed by atoms with Gasteiger partial charge in [-0.15, -0.1) is 0 Å². The van der Waals surface area contributed by atoms with E-state index in [1.807, 2.05) is 4.90 Å². The number of non-ortho nitro benzene ring substituents is 1. The van der Waals surface area contributed by atoms with Gasteiger partial charge in [0.2, 0.25) is 5.91 Å². The average molecular weight is 428 g/mol. The lowest BCUT2D eigenvalue weighted by atomic mass is 10.2. The highest BCUT2D eigenvalue weighted by atomic mass is 19.1. The summed E-state index contributed by atoms with van der Waals surface area (Å²) < 4.78 is 19.3. The number of nitrogens with one attached hydrogen (secondary N) is 1. The standard InChI is InChI=1S/C21H21FN4O5/c1-31-21(28)25-12-10-24(11-13-25)19-8-5-16(14-18(19)22)23-20(27)9-4-15-2-6-17(7-3-15)26(29)30/h2-9,14H,10-13H2,1H3,(H,23,27)/b9-4+. The molecule has 1 N–H and O–H groups in total. The van der Waals surface area contributed by atoms with Crippen LogP contribution in [0.1, 0.15) is 5.56 Å². The lowest BCUT2D eigenvalue weighted by Crippen LogP contribution is -2.49. The maximum atomic E-state index is 14.6. The number of piperazine rings is 1. The zero-order valence-electron chi connectivity index (χ0n) is 16.8. The maximum absolute atomic E-state index is 14.6. The van der Waals surface area contributed by atoms with Crippen LogP contribution in [-0.2, 0) is 9.53 Å². The minimum Gasteiger partial charge on any atom is -0.453 e. The molecular weight excluding hydrogens is 407 g/mol. The van der Waals surface area contributed by atoms with Gasteiger partial charge in [0.15, 0.2) is 0 Å². The molecule has 1 heterocycles. The Kier molecular flexibility index (Phi) is 6.81. The Labute approximate surface area is 177 Å². The fourth-order valence-electron chi connectivity index (χ4n) is 3.16. The summed E-state index contributed by atoms with van der Waals surface area (Å²) in [6.07, 6.45) is 2.36. The van der Waals surface area contributed by atoms with Crippen molar-refractivity contribution < 1.29 is 23.6 Å². The largest absolute Gasteiger partial charge is 0.453 e. The highest BCUT2D eigenvalue weighted by Gasteiger charge is 2.23. The highest BCUT2D eigenvalue weighted by Crippen LogP contribution is 2.24. The van der Waals surface area contributed by atoms with Gasteiger partial charge >= 0.3 is 6.09 Å². The molecular formula is C21H21FN4O5. The van der Waals surface area contributed by atoms with E-state index in [9.17, 15) is 24.1 Å². The number of carbonyl (C=O) groups is 2. The van der Waals surface area contributed by atoms with Gasteiger partial charge in [-0.05, 0) is 42.0 Å². The second-order valence-electron chi connectivity index (χ2n) is 6.78. The predicted molar refractivity (Wildman–Crippen MR) is 113 cm³/mol. The summed E-state index contributed by atoms with van der Waals surface area (Å²) in [6.45, 7) is 1.79. The number of carbonyl (C=O) groups excluding carboxylic acids is 2. The third kappa shape index (κ3) is 5.56. The zero-order valence-corrected chi connectivity index (χ0v) is 16.8. The third-order valence-electron chi connectivity index (χ3n) is 4.80. The van der Waals surface area contributed by atoms with Gasteiger partial charge in [-0.3, -0.25) is 14.9 Å². The molecule has 0 atom stereocenters. The summed E-state index contributed by atoms with van der Waals surface area (Å²) in [5.41, 5.74) is 1.27. The second kappa shape index (κ2) is 9.70. The van der Waals surface area contributed by atoms with E-state index in [0.29, 0.717) is 43.1 Å². The highest BCUT2D eigenvalue weighted by molar-refractivity contribution is 6.02. The smallest absolute Gasteiger partial charge is 0.409 e. The normalized spacial score (nSPS) is 13.9. The molecule has 0 saturated carbocycles. The molecule has 2 amide bonds. The van der Waals surface area contributed by atoms with Gasteiger partial charge in [0, 0.05) is 50.1 Å². The van der Waals surface area contributed by atoms with Gasteiger partial charge in [0.1, 0.15) is 5.82 Å². The Balaban J connectivity index is 1.58. The minimum atomic E-state index is -0.503. The predicted octanol–water partition coefficient (Wildman–Crippen LogP) is 3.27. The third-order valence-corrected chi connectivity index (χ3v) is 4.80. The summed E-state index contributed by atoms with van der Waals surface area (Å²) in [6, 6.07) is 10.2. The van der Waals surface area contributed by atoms with Crippen molar-refractivity contribution in [2.75, 3.05) is 43.5 Å². The molecule has 162 valence electrons. The first-order valence-corrected chi connectivity index (χ1v) is 9.48. The van der Waals surface area contributed by atoms with E-state index in [1.165, 1.54) is 49.6 Å². The SMILES string of the molecule is COC(=O)N1CCN(c2ccc(NC(=O)/C=C/c3ccc([N+](=O)[O-])cc3)cc2F)CC1. The first-order chi connectivity index (χ1) is 14.9. The fourth-order valence-corrected chi connectivity index (χ4v) is 3.16. The van der Waals surface area contributed by atoms with Gasteiger partial charge < -0.3 is 19.9 Å². The van der Waals surface area contributed by atoms with Crippen molar-refractivity contribution in [1.82, 2.24) is 4.90 Å². The van der Waals surface area contributed by atoms with Gasteiger partial charge in [0.05, 0.1) is 17.7 Å². The Bertz CT molecular complexity index is 1000. The van der Waals surface area contributed by atoms with Crippen molar-refractivity contribution in [2.24, 2.45) is 0 Å². The number of anilines is 2. The summed E-state index contributed by atoms with van der Waals surface area (Å²) in [7, 11) is 1.32. The Morgan fingerprint density at radius 2 is 1.81 bits per heavy atom. The van der Waals surface area contributed by atoms with Gasteiger partial charge in [-0.25, -0.2) is 9.18 Å². The van der Waals surface area contributed by atoms with Gasteiger partial charge in [-0.1, -0.05) is 0 Å². The summed E-state index contributed by atoms with van der Waals surface area (Å²) >= 11 is 0. The molecule has 31 heavy (non-hydrogen) atoms. The molecule has 10 heteroatoms. The lowest BCUT2D eigenvalue weighted by Gasteiger charge is -2.35. The van der Waals surface area contributed by atoms with E-state index in [1.54, 1.807) is 17.0 Å². The van der Waals surface area contributed by atoms with Crippen molar-refractivity contribution in [2.45, 2.75) is 0 Å². The van der Waals surface area contributed by atoms with Crippen LogP contribution in [-0.4, -0.2) is 55.1 Å². The number of nitrogens with zero attached hydrogens (tertiary/aromatic N) is 3.